The van der Waals surface area contributed by atoms with Crippen molar-refractivity contribution in [2.75, 3.05) is 6.54 Å². The third-order valence-electron chi connectivity index (χ3n) is 3.19. The Morgan fingerprint density at radius 2 is 1.88 bits per heavy atom. The number of nitrogens with one attached hydrogen (secondary N) is 1. The van der Waals surface area contributed by atoms with Crippen LogP contribution in [-0.4, -0.2) is 23.7 Å². The number of aromatic carboxylic acids is 1. The minimum absolute atomic E-state index is 0.0511. The lowest BCUT2D eigenvalue weighted by molar-refractivity contribution is 0.0696. The van der Waals surface area contributed by atoms with Crippen molar-refractivity contribution in [3.8, 4) is 11.8 Å². The van der Waals surface area contributed by atoms with Gasteiger partial charge in [-0.05, 0) is 17.7 Å². The van der Waals surface area contributed by atoms with Crippen LogP contribution in [0.2, 0.25) is 5.02 Å². The highest BCUT2D eigenvalue weighted by atomic mass is 35.5. The van der Waals surface area contributed by atoms with E-state index in [1.165, 1.54) is 6.07 Å². The molecule has 128 valence electrons. The van der Waals surface area contributed by atoms with E-state index in [2.05, 4.69) is 17.2 Å². The van der Waals surface area contributed by atoms with Crippen LogP contribution >= 0.6 is 11.6 Å². The Hall–Kier alpha value is -2.97. The Kier molecular flexibility index (Phi) is 6.87. The van der Waals surface area contributed by atoms with Gasteiger partial charge in [-0.3, -0.25) is 0 Å². The van der Waals surface area contributed by atoms with Gasteiger partial charge < -0.3 is 15.2 Å². The van der Waals surface area contributed by atoms with E-state index in [-0.39, 0.29) is 29.3 Å². The van der Waals surface area contributed by atoms with Crippen molar-refractivity contribution in [1.82, 2.24) is 5.32 Å². The van der Waals surface area contributed by atoms with Gasteiger partial charge in [-0.1, -0.05) is 59.8 Å². The molecule has 5 nitrogen and oxygen atoms in total. The number of hydrogen-bond acceptors (Lipinski definition) is 3. The van der Waals surface area contributed by atoms with Gasteiger partial charge in [0.05, 0.1) is 16.1 Å². The summed E-state index contributed by atoms with van der Waals surface area (Å²) in [5.41, 5.74) is 1.22. The van der Waals surface area contributed by atoms with Crippen molar-refractivity contribution in [2.24, 2.45) is 0 Å². The number of carbonyl (C=O) groups excluding carboxylic acids is 1. The molecule has 2 N–H and O–H groups in total. The van der Waals surface area contributed by atoms with E-state index in [0.717, 1.165) is 5.56 Å². The maximum Gasteiger partial charge on any atom is 0.407 e. The van der Waals surface area contributed by atoms with E-state index in [1.807, 2.05) is 30.3 Å². The number of halogens is 1. The first-order valence-corrected chi connectivity index (χ1v) is 7.91. The average Bonchev–Trinajstić information content (AvgIpc) is 2.61. The van der Waals surface area contributed by atoms with Crippen LogP contribution in [0.15, 0.2) is 48.5 Å². The zero-order chi connectivity index (χ0) is 18.1. The molecular weight excluding hydrogens is 342 g/mol. The highest BCUT2D eigenvalue weighted by Gasteiger charge is 2.10. The molecular formula is C19H16ClNO4. The molecule has 0 aliphatic rings. The van der Waals surface area contributed by atoms with Gasteiger partial charge >= 0.3 is 12.1 Å². The van der Waals surface area contributed by atoms with Gasteiger partial charge in [0.15, 0.2) is 0 Å². The van der Waals surface area contributed by atoms with Gasteiger partial charge in [-0.25, -0.2) is 9.59 Å². The third-order valence-corrected chi connectivity index (χ3v) is 3.50. The molecule has 25 heavy (non-hydrogen) atoms. The molecule has 0 heterocycles. The van der Waals surface area contributed by atoms with E-state index in [9.17, 15) is 9.59 Å². The fourth-order valence-corrected chi connectivity index (χ4v) is 2.20. The molecule has 0 unspecified atom stereocenters. The molecule has 0 fully saturated rings. The normalized spacial score (nSPS) is 9.64. The van der Waals surface area contributed by atoms with Crippen LogP contribution in [-0.2, 0) is 11.3 Å². The molecule has 6 heteroatoms. The van der Waals surface area contributed by atoms with Crippen molar-refractivity contribution in [2.45, 2.75) is 13.0 Å². The largest absolute Gasteiger partial charge is 0.478 e. The number of benzene rings is 2. The summed E-state index contributed by atoms with van der Waals surface area (Å²) in [6.45, 7) is 0.480. The summed E-state index contributed by atoms with van der Waals surface area (Å²) in [4.78, 5) is 22.7. The van der Waals surface area contributed by atoms with E-state index in [0.29, 0.717) is 6.42 Å². The zero-order valence-electron chi connectivity index (χ0n) is 13.3. The molecule has 0 bridgehead atoms. The fraction of sp³-hybridized carbons (Fsp3) is 0.158. The van der Waals surface area contributed by atoms with Crippen LogP contribution in [0.5, 0.6) is 0 Å². The summed E-state index contributed by atoms with van der Waals surface area (Å²) < 4.78 is 5.07. The average molecular weight is 358 g/mol. The second kappa shape index (κ2) is 9.36. The Bertz CT molecular complexity index is 809. The van der Waals surface area contributed by atoms with Crippen molar-refractivity contribution in [3.05, 3.63) is 70.2 Å². The number of carboxylic acids is 1. The third kappa shape index (κ3) is 5.87. The number of hydrogen-bond donors (Lipinski definition) is 2. The van der Waals surface area contributed by atoms with Crippen LogP contribution in [0.25, 0.3) is 0 Å². The lowest BCUT2D eigenvalue weighted by atomic mass is 10.1. The van der Waals surface area contributed by atoms with Crippen LogP contribution < -0.4 is 5.32 Å². The predicted molar refractivity (Wildman–Crippen MR) is 94.5 cm³/mol. The SMILES string of the molecule is O=C(NCCC#Cc1c(Cl)cccc1C(=O)O)OCc1ccccc1. The fourth-order valence-electron chi connectivity index (χ4n) is 1.98. The second-order valence-corrected chi connectivity index (χ2v) is 5.42. The summed E-state index contributed by atoms with van der Waals surface area (Å²) in [6.07, 6.45) is -0.195. The number of alkyl carbamates (subject to hydrolysis) is 1. The molecule has 0 aliphatic carbocycles. The van der Waals surface area contributed by atoms with Gasteiger partial charge in [-0.15, -0.1) is 0 Å². The van der Waals surface area contributed by atoms with Crippen molar-refractivity contribution in [1.29, 1.82) is 0 Å². The van der Waals surface area contributed by atoms with E-state index in [4.69, 9.17) is 21.4 Å². The van der Waals surface area contributed by atoms with Gasteiger partial charge in [0.2, 0.25) is 0 Å². The molecule has 2 aromatic carbocycles. The number of carboxylic acid groups (broad SMARTS) is 1. The molecule has 0 saturated heterocycles. The minimum Gasteiger partial charge on any atom is -0.478 e. The molecule has 0 atom stereocenters. The van der Waals surface area contributed by atoms with Crippen LogP contribution in [0.4, 0.5) is 4.79 Å². The minimum atomic E-state index is -1.09. The number of ether oxygens (including phenoxy) is 1. The lowest BCUT2D eigenvalue weighted by Crippen LogP contribution is -2.24. The van der Waals surface area contributed by atoms with Gasteiger partial charge in [0, 0.05) is 13.0 Å². The summed E-state index contributed by atoms with van der Waals surface area (Å²) in [5, 5.41) is 12.0. The summed E-state index contributed by atoms with van der Waals surface area (Å²) in [7, 11) is 0. The quantitative estimate of drug-likeness (QED) is 0.632. The van der Waals surface area contributed by atoms with Crippen LogP contribution in [0.3, 0.4) is 0 Å². The molecule has 0 radical (unpaired) electrons. The molecule has 0 aliphatic heterocycles. The van der Waals surface area contributed by atoms with E-state index in [1.54, 1.807) is 12.1 Å². The monoisotopic (exact) mass is 357 g/mol. The molecule has 2 rings (SSSR count). The predicted octanol–water partition coefficient (Wildman–Crippen LogP) is 3.71. The molecule has 2 aromatic rings. The maximum absolute atomic E-state index is 11.6. The van der Waals surface area contributed by atoms with Crippen LogP contribution in [0, 0.1) is 11.8 Å². The first-order valence-electron chi connectivity index (χ1n) is 7.53. The number of carbonyl (C=O) groups is 2. The molecule has 0 saturated carbocycles. The first-order chi connectivity index (χ1) is 12.1. The summed E-state index contributed by atoms with van der Waals surface area (Å²) >= 11 is 5.98. The Morgan fingerprint density at radius 3 is 2.60 bits per heavy atom. The zero-order valence-corrected chi connectivity index (χ0v) is 14.0. The maximum atomic E-state index is 11.6. The van der Waals surface area contributed by atoms with Gasteiger partial charge in [0.25, 0.3) is 0 Å². The molecule has 1 amide bonds. The highest BCUT2D eigenvalue weighted by Crippen LogP contribution is 2.19. The summed E-state index contributed by atoms with van der Waals surface area (Å²) in [6, 6.07) is 13.9. The molecule has 0 aromatic heterocycles. The van der Waals surface area contributed by atoms with Gasteiger partial charge in [0.1, 0.15) is 6.61 Å². The van der Waals surface area contributed by atoms with Crippen molar-refractivity contribution in [3.63, 3.8) is 0 Å². The number of rotatable bonds is 5. The Morgan fingerprint density at radius 1 is 1.12 bits per heavy atom. The highest BCUT2D eigenvalue weighted by molar-refractivity contribution is 6.32. The molecule has 0 spiro atoms. The standard InChI is InChI=1S/C19H16ClNO4/c20-17-11-6-10-16(18(22)23)15(17)9-4-5-12-21-19(24)25-13-14-7-2-1-3-8-14/h1-3,6-8,10-11H,5,12-13H2,(H,21,24)(H,22,23). The van der Waals surface area contributed by atoms with Crippen molar-refractivity contribution >= 4 is 23.7 Å². The smallest absolute Gasteiger partial charge is 0.407 e. The number of amides is 1. The Labute approximate surface area is 150 Å². The Balaban J connectivity index is 1.79. The summed E-state index contributed by atoms with van der Waals surface area (Å²) in [5.74, 6) is 4.45. The van der Waals surface area contributed by atoms with Crippen molar-refractivity contribution < 1.29 is 19.4 Å². The topological polar surface area (TPSA) is 75.6 Å². The van der Waals surface area contributed by atoms with E-state index >= 15 is 0 Å². The lowest BCUT2D eigenvalue weighted by Gasteiger charge is -2.05. The van der Waals surface area contributed by atoms with E-state index < -0.39 is 12.1 Å². The van der Waals surface area contributed by atoms with Crippen LogP contribution in [0.1, 0.15) is 27.9 Å². The second-order valence-electron chi connectivity index (χ2n) is 5.01. The first kappa shape index (κ1) is 18.4. The van der Waals surface area contributed by atoms with Gasteiger partial charge in [-0.2, -0.15) is 0 Å².